The van der Waals surface area contributed by atoms with E-state index in [4.69, 9.17) is 4.74 Å². The highest BCUT2D eigenvalue weighted by molar-refractivity contribution is 7.15. The van der Waals surface area contributed by atoms with Crippen molar-refractivity contribution in [2.24, 2.45) is 0 Å². The van der Waals surface area contributed by atoms with Gasteiger partial charge in [-0.25, -0.2) is 0 Å². The lowest BCUT2D eigenvalue weighted by atomic mass is 10.1. The van der Waals surface area contributed by atoms with E-state index >= 15 is 0 Å². The first-order chi connectivity index (χ1) is 9.67. The third kappa shape index (κ3) is 4.40. The van der Waals surface area contributed by atoms with E-state index in [1.807, 2.05) is 6.07 Å². The minimum absolute atomic E-state index is 0.106. The summed E-state index contributed by atoms with van der Waals surface area (Å²) in [4.78, 5) is 11.5. The fourth-order valence-corrected chi connectivity index (χ4v) is 2.54. The number of amides is 1. The summed E-state index contributed by atoms with van der Waals surface area (Å²) in [6, 6.07) is 8.27. The van der Waals surface area contributed by atoms with Gasteiger partial charge in [0.1, 0.15) is 5.01 Å². The second-order valence-electron chi connectivity index (χ2n) is 4.46. The quantitative estimate of drug-likeness (QED) is 0.887. The van der Waals surface area contributed by atoms with Gasteiger partial charge in [-0.2, -0.15) is 0 Å². The molecule has 106 valence electrons. The second kappa shape index (κ2) is 7.12. The van der Waals surface area contributed by atoms with Gasteiger partial charge < -0.3 is 10.1 Å². The highest BCUT2D eigenvalue weighted by Gasteiger charge is 2.08. The van der Waals surface area contributed by atoms with Crippen LogP contribution in [0.5, 0.6) is 0 Å². The van der Waals surface area contributed by atoms with Crippen LogP contribution in [-0.4, -0.2) is 29.8 Å². The molecule has 0 spiro atoms. The molecule has 6 heteroatoms. The summed E-state index contributed by atoms with van der Waals surface area (Å²) in [5, 5.41) is 12.2. The fourth-order valence-electron chi connectivity index (χ4n) is 1.75. The number of methoxy groups -OCH3 is 1. The average Bonchev–Trinajstić information content (AvgIpc) is 2.83. The van der Waals surface area contributed by atoms with Gasteiger partial charge in [-0.05, 0) is 12.5 Å². The molecule has 1 aromatic heterocycles. The van der Waals surface area contributed by atoms with Crippen molar-refractivity contribution in [2.75, 3.05) is 19.0 Å². The van der Waals surface area contributed by atoms with Gasteiger partial charge >= 0.3 is 0 Å². The Morgan fingerprint density at radius 1 is 1.40 bits per heavy atom. The van der Waals surface area contributed by atoms with E-state index in [0.29, 0.717) is 18.2 Å². The number of carbonyl (C=O) groups is 1. The number of anilines is 1. The molecule has 0 saturated heterocycles. The van der Waals surface area contributed by atoms with E-state index < -0.39 is 0 Å². The lowest BCUT2D eigenvalue weighted by molar-refractivity contribution is -0.117. The molecule has 0 saturated carbocycles. The maximum absolute atomic E-state index is 11.5. The first-order valence-electron chi connectivity index (χ1n) is 6.34. The van der Waals surface area contributed by atoms with E-state index in [-0.39, 0.29) is 5.91 Å². The Hall–Kier alpha value is -1.79. The van der Waals surface area contributed by atoms with Crippen molar-refractivity contribution >= 4 is 22.4 Å². The maximum atomic E-state index is 11.5. The Bertz CT molecular complexity index is 583. The molecule has 2 aromatic rings. The third-order valence-corrected chi connectivity index (χ3v) is 3.52. The third-order valence-electron chi connectivity index (χ3n) is 2.68. The van der Waals surface area contributed by atoms with Crippen LogP contribution in [0.15, 0.2) is 24.3 Å². The van der Waals surface area contributed by atoms with Crippen molar-refractivity contribution in [3.63, 3.8) is 0 Å². The van der Waals surface area contributed by atoms with Crippen LogP contribution in [0.3, 0.4) is 0 Å². The Kier molecular flexibility index (Phi) is 5.20. The number of aromatic nitrogens is 2. The van der Waals surface area contributed by atoms with Crippen LogP contribution in [0.25, 0.3) is 0 Å². The van der Waals surface area contributed by atoms with Crippen LogP contribution in [-0.2, 0) is 16.0 Å². The number of nitrogens with one attached hydrogen (secondary N) is 1. The van der Waals surface area contributed by atoms with E-state index in [9.17, 15) is 4.79 Å². The van der Waals surface area contributed by atoms with Crippen molar-refractivity contribution in [3.8, 4) is 0 Å². The second-order valence-corrected chi connectivity index (χ2v) is 5.52. The predicted molar refractivity (Wildman–Crippen MR) is 79.0 cm³/mol. The number of aryl methyl sites for hydroxylation is 1. The molecule has 1 N–H and O–H groups in total. The Morgan fingerprint density at radius 2 is 2.25 bits per heavy atom. The van der Waals surface area contributed by atoms with Gasteiger partial charge in [0, 0.05) is 13.5 Å². The van der Waals surface area contributed by atoms with Crippen molar-refractivity contribution in [3.05, 3.63) is 40.4 Å². The molecule has 2 rings (SSSR count). The molecule has 0 aliphatic rings. The zero-order valence-electron chi connectivity index (χ0n) is 11.5. The first kappa shape index (κ1) is 14.6. The van der Waals surface area contributed by atoms with Crippen molar-refractivity contribution < 1.29 is 9.53 Å². The van der Waals surface area contributed by atoms with Crippen LogP contribution in [0.2, 0.25) is 0 Å². The Morgan fingerprint density at radius 3 is 3.00 bits per heavy atom. The molecular formula is C14H17N3O2S. The summed E-state index contributed by atoms with van der Waals surface area (Å²) in [5.74, 6) is -0.106. The van der Waals surface area contributed by atoms with E-state index in [0.717, 1.165) is 11.4 Å². The zero-order valence-corrected chi connectivity index (χ0v) is 12.4. The van der Waals surface area contributed by atoms with Crippen LogP contribution >= 0.6 is 11.3 Å². The van der Waals surface area contributed by atoms with Crippen LogP contribution < -0.4 is 5.32 Å². The smallest absolute Gasteiger partial charge is 0.228 e. The maximum Gasteiger partial charge on any atom is 0.228 e. The summed E-state index contributed by atoms with van der Waals surface area (Å²) in [6.45, 7) is 2.46. The zero-order chi connectivity index (χ0) is 14.4. The number of nitrogens with zero attached hydrogens (tertiary/aromatic N) is 2. The molecule has 20 heavy (non-hydrogen) atoms. The van der Waals surface area contributed by atoms with Gasteiger partial charge in [0.25, 0.3) is 0 Å². The van der Waals surface area contributed by atoms with Crippen molar-refractivity contribution in [2.45, 2.75) is 19.8 Å². The van der Waals surface area contributed by atoms with Gasteiger partial charge in [0.05, 0.1) is 13.0 Å². The number of benzene rings is 1. The molecule has 0 aliphatic carbocycles. The van der Waals surface area contributed by atoms with Gasteiger partial charge in [0.15, 0.2) is 0 Å². The monoisotopic (exact) mass is 291 g/mol. The lowest BCUT2D eigenvalue weighted by Gasteiger charge is -1.99. The lowest BCUT2D eigenvalue weighted by Crippen LogP contribution is -2.13. The van der Waals surface area contributed by atoms with Crippen molar-refractivity contribution in [1.82, 2.24) is 10.2 Å². The number of hydrogen-bond donors (Lipinski definition) is 1. The minimum Gasteiger partial charge on any atom is -0.384 e. The van der Waals surface area contributed by atoms with E-state index in [2.05, 4.69) is 40.6 Å². The molecule has 1 heterocycles. The van der Waals surface area contributed by atoms with Gasteiger partial charge in [0.2, 0.25) is 11.0 Å². The standard InChI is InChI=1S/C14H17N3O2S/c1-10-4-3-5-11(8-10)9-13-16-17-14(20-13)15-12(18)6-7-19-2/h3-5,8H,6-7,9H2,1-2H3,(H,15,17,18). The first-order valence-corrected chi connectivity index (χ1v) is 7.16. The molecule has 0 aliphatic heterocycles. The molecule has 1 amide bonds. The summed E-state index contributed by atoms with van der Waals surface area (Å²) in [6.07, 6.45) is 1.05. The molecule has 0 fully saturated rings. The largest absolute Gasteiger partial charge is 0.384 e. The van der Waals surface area contributed by atoms with Gasteiger partial charge in [-0.1, -0.05) is 41.2 Å². The molecular weight excluding hydrogens is 274 g/mol. The number of rotatable bonds is 6. The van der Waals surface area contributed by atoms with Crippen LogP contribution in [0.4, 0.5) is 5.13 Å². The normalized spacial score (nSPS) is 10.5. The van der Waals surface area contributed by atoms with Gasteiger partial charge in [-0.15, -0.1) is 10.2 Å². The number of carbonyl (C=O) groups excluding carboxylic acids is 1. The fraction of sp³-hybridized carbons (Fsp3) is 0.357. The number of ether oxygens (including phenoxy) is 1. The summed E-state index contributed by atoms with van der Waals surface area (Å²) >= 11 is 1.40. The van der Waals surface area contributed by atoms with E-state index in [1.54, 1.807) is 7.11 Å². The summed E-state index contributed by atoms with van der Waals surface area (Å²) in [7, 11) is 1.57. The predicted octanol–water partition coefficient (Wildman–Crippen LogP) is 2.41. The summed E-state index contributed by atoms with van der Waals surface area (Å²) in [5.41, 5.74) is 2.42. The molecule has 1 aromatic carbocycles. The Balaban J connectivity index is 1.93. The number of hydrogen-bond acceptors (Lipinski definition) is 5. The average molecular weight is 291 g/mol. The summed E-state index contributed by atoms with van der Waals surface area (Å²) < 4.78 is 4.85. The molecule has 0 radical (unpaired) electrons. The van der Waals surface area contributed by atoms with Crippen molar-refractivity contribution in [1.29, 1.82) is 0 Å². The van der Waals surface area contributed by atoms with Crippen LogP contribution in [0.1, 0.15) is 22.6 Å². The SMILES string of the molecule is COCCC(=O)Nc1nnc(Cc2cccc(C)c2)s1. The molecule has 0 unspecified atom stereocenters. The Labute approximate surface area is 122 Å². The highest BCUT2D eigenvalue weighted by atomic mass is 32.1. The molecule has 0 bridgehead atoms. The van der Waals surface area contributed by atoms with E-state index in [1.165, 1.54) is 22.5 Å². The van der Waals surface area contributed by atoms with Gasteiger partial charge in [-0.3, -0.25) is 4.79 Å². The molecule has 0 atom stereocenters. The minimum atomic E-state index is -0.106. The highest BCUT2D eigenvalue weighted by Crippen LogP contribution is 2.19. The molecule has 5 nitrogen and oxygen atoms in total. The topological polar surface area (TPSA) is 64.1 Å². The van der Waals surface area contributed by atoms with Crippen LogP contribution in [0, 0.1) is 6.92 Å².